The standard InChI is InChI=1S/C8H5FO2.CH4O.CH4/c9-8-2-1-6(4-10)3-7(8)5-11;1-2;/h1-5H;2H,1H3;1H4. The Morgan fingerprint density at radius 2 is 1.79 bits per heavy atom. The molecule has 3 nitrogen and oxygen atoms in total. The van der Waals surface area contributed by atoms with E-state index in [1.807, 2.05) is 0 Å². The Labute approximate surface area is 82.2 Å². The highest BCUT2D eigenvalue weighted by atomic mass is 19.1. The van der Waals surface area contributed by atoms with Crippen molar-refractivity contribution in [3.05, 3.63) is 35.1 Å². The van der Waals surface area contributed by atoms with Crippen molar-refractivity contribution in [2.24, 2.45) is 0 Å². The van der Waals surface area contributed by atoms with Gasteiger partial charge in [0, 0.05) is 12.7 Å². The van der Waals surface area contributed by atoms with E-state index in [0.29, 0.717) is 18.1 Å². The summed E-state index contributed by atoms with van der Waals surface area (Å²) in [5, 5.41) is 7.00. The van der Waals surface area contributed by atoms with Crippen molar-refractivity contribution in [3.8, 4) is 0 Å². The molecular formula is C10H13FO3. The van der Waals surface area contributed by atoms with Crippen molar-refractivity contribution < 1.29 is 19.1 Å². The van der Waals surface area contributed by atoms with Crippen LogP contribution in [-0.4, -0.2) is 24.8 Å². The molecule has 1 N–H and O–H groups in total. The second kappa shape index (κ2) is 8.07. The highest BCUT2D eigenvalue weighted by Crippen LogP contribution is 2.06. The fourth-order valence-corrected chi connectivity index (χ4v) is 0.726. The third-order valence-electron chi connectivity index (χ3n) is 1.28. The summed E-state index contributed by atoms with van der Waals surface area (Å²) in [6, 6.07) is 3.61. The first-order valence-corrected chi connectivity index (χ1v) is 3.42. The number of hydrogen-bond donors (Lipinski definition) is 1. The van der Waals surface area contributed by atoms with Crippen LogP contribution in [0.5, 0.6) is 0 Å². The quantitative estimate of drug-likeness (QED) is 0.739. The van der Waals surface area contributed by atoms with Crippen molar-refractivity contribution in [1.29, 1.82) is 0 Å². The van der Waals surface area contributed by atoms with Gasteiger partial charge in [-0.15, -0.1) is 0 Å². The molecule has 0 bridgehead atoms. The van der Waals surface area contributed by atoms with Gasteiger partial charge in [0.25, 0.3) is 0 Å². The molecule has 1 aromatic rings. The molecule has 4 heteroatoms. The van der Waals surface area contributed by atoms with Crippen molar-refractivity contribution in [3.63, 3.8) is 0 Å². The molecule has 0 saturated carbocycles. The molecule has 1 aromatic carbocycles. The topological polar surface area (TPSA) is 54.4 Å². The summed E-state index contributed by atoms with van der Waals surface area (Å²) in [5.41, 5.74) is 0.211. The Morgan fingerprint density at radius 1 is 1.21 bits per heavy atom. The van der Waals surface area contributed by atoms with Gasteiger partial charge in [0.05, 0.1) is 5.56 Å². The van der Waals surface area contributed by atoms with Crippen LogP contribution in [0.4, 0.5) is 4.39 Å². The summed E-state index contributed by atoms with van der Waals surface area (Å²) >= 11 is 0. The number of rotatable bonds is 2. The second-order valence-electron chi connectivity index (χ2n) is 2.02. The summed E-state index contributed by atoms with van der Waals surface area (Å²) in [6.07, 6.45) is 0.939. The molecule has 1 rings (SSSR count). The highest BCUT2D eigenvalue weighted by Gasteiger charge is 2.00. The first kappa shape index (κ1) is 14.9. The third kappa shape index (κ3) is 3.91. The number of aliphatic hydroxyl groups is 1. The molecular weight excluding hydrogens is 187 g/mol. The smallest absolute Gasteiger partial charge is 0.153 e. The number of carbonyl (C=O) groups excluding carboxylic acids is 2. The normalized spacial score (nSPS) is 7.64. The van der Waals surface area contributed by atoms with Crippen LogP contribution in [0.3, 0.4) is 0 Å². The van der Waals surface area contributed by atoms with Crippen LogP contribution in [-0.2, 0) is 0 Å². The number of hydrogen-bond acceptors (Lipinski definition) is 3. The van der Waals surface area contributed by atoms with Gasteiger partial charge in [-0.1, -0.05) is 7.43 Å². The predicted molar refractivity (Wildman–Crippen MR) is 52.0 cm³/mol. The molecule has 78 valence electrons. The van der Waals surface area contributed by atoms with E-state index in [1.54, 1.807) is 0 Å². The Balaban J connectivity index is 0. The molecule has 0 aliphatic rings. The number of halogens is 1. The second-order valence-corrected chi connectivity index (χ2v) is 2.02. The Hall–Kier alpha value is -1.55. The lowest BCUT2D eigenvalue weighted by Gasteiger charge is -1.93. The molecule has 0 amide bonds. The largest absolute Gasteiger partial charge is 0.400 e. The molecule has 0 unspecified atom stereocenters. The maximum absolute atomic E-state index is 12.6. The summed E-state index contributed by atoms with van der Waals surface area (Å²) in [5.74, 6) is -0.606. The lowest BCUT2D eigenvalue weighted by molar-refractivity contribution is 0.111. The average Bonchev–Trinajstić information content (AvgIpc) is 2.22. The molecule has 0 aliphatic heterocycles. The van der Waals surface area contributed by atoms with Crippen LogP contribution in [0.25, 0.3) is 0 Å². The van der Waals surface area contributed by atoms with Crippen molar-refractivity contribution in [2.45, 2.75) is 7.43 Å². The number of benzene rings is 1. The van der Waals surface area contributed by atoms with Crippen LogP contribution in [0.2, 0.25) is 0 Å². The minimum atomic E-state index is -0.606. The van der Waals surface area contributed by atoms with Crippen LogP contribution in [0.15, 0.2) is 18.2 Å². The van der Waals surface area contributed by atoms with Gasteiger partial charge in [0.15, 0.2) is 6.29 Å². The van der Waals surface area contributed by atoms with Crippen LogP contribution >= 0.6 is 0 Å². The van der Waals surface area contributed by atoms with Crippen molar-refractivity contribution >= 4 is 12.6 Å². The first-order valence-electron chi connectivity index (χ1n) is 3.42. The van der Waals surface area contributed by atoms with E-state index in [2.05, 4.69) is 0 Å². The molecule has 0 radical (unpaired) electrons. The summed E-state index contributed by atoms with van der Waals surface area (Å²) < 4.78 is 12.6. The maximum Gasteiger partial charge on any atom is 0.153 e. The Morgan fingerprint density at radius 3 is 2.21 bits per heavy atom. The van der Waals surface area contributed by atoms with Gasteiger partial charge in [-0.05, 0) is 18.2 Å². The summed E-state index contributed by atoms with van der Waals surface area (Å²) in [7, 11) is 1.00. The molecule has 0 spiro atoms. The Bertz CT molecular complexity index is 297. The zero-order valence-electron chi connectivity index (χ0n) is 7.03. The van der Waals surface area contributed by atoms with Gasteiger partial charge in [-0.3, -0.25) is 9.59 Å². The van der Waals surface area contributed by atoms with Crippen LogP contribution in [0, 0.1) is 5.82 Å². The monoisotopic (exact) mass is 200 g/mol. The van der Waals surface area contributed by atoms with E-state index in [4.69, 9.17) is 5.11 Å². The fraction of sp³-hybridized carbons (Fsp3) is 0.200. The van der Waals surface area contributed by atoms with Crippen LogP contribution in [0.1, 0.15) is 28.1 Å². The van der Waals surface area contributed by atoms with Gasteiger partial charge in [-0.2, -0.15) is 0 Å². The van der Waals surface area contributed by atoms with Gasteiger partial charge in [0.1, 0.15) is 12.1 Å². The SMILES string of the molecule is C.CO.O=Cc1ccc(F)c(C=O)c1. The van der Waals surface area contributed by atoms with Crippen LogP contribution < -0.4 is 0 Å². The molecule has 0 aliphatic carbocycles. The first-order chi connectivity index (χ1) is 6.27. The zero-order valence-corrected chi connectivity index (χ0v) is 7.03. The fourth-order valence-electron chi connectivity index (χ4n) is 0.726. The highest BCUT2D eigenvalue weighted by molar-refractivity contribution is 5.82. The van der Waals surface area contributed by atoms with Gasteiger partial charge in [-0.25, -0.2) is 4.39 Å². The average molecular weight is 200 g/mol. The minimum absolute atomic E-state index is 0. The van der Waals surface area contributed by atoms with E-state index in [1.165, 1.54) is 12.1 Å². The van der Waals surface area contributed by atoms with E-state index in [9.17, 15) is 14.0 Å². The zero-order chi connectivity index (χ0) is 10.3. The van der Waals surface area contributed by atoms with Gasteiger partial charge >= 0.3 is 0 Å². The lowest BCUT2D eigenvalue weighted by Crippen LogP contribution is -1.89. The molecule has 0 saturated heterocycles. The Kier molecular flexibility index (Phi) is 8.61. The maximum atomic E-state index is 12.6. The van der Waals surface area contributed by atoms with E-state index in [0.717, 1.165) is 13.2 Å². The van der Waals surface area contributed by atoms with E-state index in [-0.39, 0.29) is 13.0 Å². The van der Waals surface area contributed by atoms with E-state index < -0.39 is 5.82 Å². The predicted octanol–water partition coefficient (Wildman–Crippen LogP) is 1.70. The lowest BCUT2D eigenvalue weighted by atomic mass is 10.1. The molecule has 0 fully saturated rings. The number of aldehydes is 2. The van der Waals surface area contributed by atoms with Gasteiger partial charge < -0.3 is 5.11 Å². The van der Waals surface area contributed by atoms with E-state index >= 15 is 0 Å². The van der Waals surface area contributed by atoms with Crippen molar-refractivity contribution in [2.75, 3.05) is 7.11 Å². The summed E-state index contributed by atoms with van der Waals surface area (Å²) in [6.45, 7) is 0. The minimum Gasteiger partial charge on any atom is -0.400 e. The molecule has 0 aromatic heterocycles. The van der Waals surface area contributed by atoms with Crippen molar-refractivity contribution in [1.82, 2.24) is 0 Å². The summed E-state index contributed by atoms with van der Waals surface area (Å²) in [4.78, 5) is 20.3. The molecule has 0 atom stereocenters. The number of aliphatic hydroxyl groups excluding tert-OH is 1. The molecule has 14 heavy (non-hydrogen) atoms. The molecule has 0 heterocycles. The van der Waals surface area contributed by atoms with Gasteiger partial charge in [0.2, 0.25) is 0 Å². The third-order valence-corrected chi connectivity index (χ3v) is 1.28. The number of carbonyl (C=O) groups is 2.